The fourth-order valence-electron chi connectivity index (χ4n) is 2.97. The van der Waals surface area contributed by atoms with Crippen LogP contribution in [0.5, 0.6) is 0 Å². The van der Waals surface area contributed by atoms with E-state index in [0.29, 0.717) is 11.1 Å². The highest BCUT2D eigenvalue weighted by Gasteiger charge is 2.27. The van der Waals surface area contributed by atoms with Gasteiger partial charge in [0.25, 0.3) is 0 Å². The highest BCUT2D eigenvalue weighted by molar-refractivity contribution is 5.93. The van der Waals surface area contributed by atoms with Gasteiger partial charge in [0.15, 0.2) is 0 Å². The molecule has 0 aliphatic carbocycles. The van der Waals surface area contributed by atoms with Gasteiger partial charge in [0, 0.05) is 6.42 Å². The first-order valence-electron chi connectivity index (χ1n) is 9.50. The summed E-state index contributed by atoms with van der Waals surface area (Å²) in [5.41, 5.74) is 1.45. The van der Waals surface area contributed by atoms with E-state index in [-0.39, 0.29) is 49.8 Å². The second kappa shape index (κ2) is 10.2. The molecule has 31 heavy (non-hydrogen) atoms. The number of cyclic esters (lactones) is 1. The Bertz CT molecular complexity index is 1020. The molecule has 1 fully saturated rings. The van der Waals surface area contributed by atoms with Crippen molar-refractivity contribution < 1.29 is 28.2 Å². The van der Waals surface area contributed by atoms with Crippen LogP contribution in [0.2, 0.25) is 0 Å². The van der Waals surface area contributed by atoms with E-state index < -0.39 is 17.9 Å². The highest BCUT2D eigenvalue weighted by atomic mass is 19.1. The van der Waals surface area contributed by atoms with E-state index in [1.54, 1.807) is 6.08 Å². The summed E-state index contributed by atoms with van der Waals surface area (Å²) in [6.45, 7) is 0.264. The number of imide groups is 1. The second-order valence-corrected chi connectivity index (χ2v) is 6.65. The van der Waals surface area contributed by atoms with Crippen molar-refractivity contribution in [3.8, 4) is 0 Å². The quantitative estimate of drug-likeness (QED) is 0.463. The molecule has 0 N–H and O–H groups in total. The average Bonchev–Trinajstić information content (AvgIpc) is 3.22. The van der Waals surface area contributed by atoms with Crippen LogP contribution in [-0.2, 0) is 14.3 Å². The van der Waals surface area contributed by atoms with E-state index in [1.807, 2.05) is 0 Å². The summed E-state index contributed by atoms with van der Waals surface area (Å²) < 4.78 is 23.4. The number of rotatable bonds is 8. The van der Waals surface area contributed by atoms with Crippen molar-refractivity contribution in [2.75, 3.05) is 19.8 Å². The van der Waals surface area contributed by atoms with Crippen LogP contribution in [0.1, 0.15) is 28.8 Å². The van der Waals surface area contributed by atoms with E-state index in [4.69, 9.17) is 9.47 Å². The molecule has 2 amide bonds. The fourth-order valence-corrected chi connectivity index (χ4v) is 2.97. The number of halogens is 1. The van der Waals surface area contributed by atoms with E-state index in [9.17, 15) is 23.7 Å². The first kappa shape index (κ1) is 21.8. The zero-order chi connectivity index (χ0) is 22.2. The van der Waals surface area contributed by atoms with E-state index >= 15 is 0 Å². The zero-order valence-electron chi connectivity index (χ0n) is 16.5. The fraction of sp³-hybridized carbons (Fsp3) is 0.227. The van der Waals surface area contributed by atoms with E-state index in [2.05, 4.69) is 5.18 Å². The van der Waals surface area contributed by atoms with Crippen molar-refractivity contribution >= 4 is 29.2 Å². The number of nitrogens with zero attached hydrogens (tertiary/aromatic N) is 2. The van der Waals surface area contributed by atoms with Crippen molar-refractivity contribution in [1.82, 2.24) is 4.90 Å². The van der Waals surface area contributed by atoms with Crippen molar-refractivity contribution in [3.63, 3.8) is 0 Å². The first-order valence-corrected chi connectivity index (χ1v) is 9.50. The summed E-state index contributed by atoms with van der Waals surface area (Å²) in [7, 11) is 0. The molecule has 1 aliphatic heterocycles. The molecule has 1 saturated heterocycles. The lowest BCUT2D eigenvalue weighted by Gasteiger charge is -2.12. The van der Waals surface area contributed by atoms with Gasteiger partial charge < -0.3 is 9.47 Å². The van der Waals surface area contributed by atoms with Crippen LogP contribution in [0.3, 0.4) is 0 Å². The molecule has 0 unspecified atom stereocenters. The zero-order valence-corrected chi connectivity index (χ0v) is 16.5. The van der Waals surface area contributed by atoms with Crippen molar-refractivity contribution in [1.29, 1.82) is 0 Å². The number of hydrogen-bond acceptors (Lipinski definition) is 7. The van der Waals surface area contributed by atoms with Crippen LogP contribution < -0.4 is 0 Å². The summed E-state index contributed by atoms with van der Waals surface area (Å²) >= 11 is 0. The monoisotopic (exact) mass is 426 g/mol. The number of esters is 1. The lowest BCUT2D eigenvalue weighted by Crippen LogP contribution is -2.31. The van der Waals surface area contributed by atoms with Crippen molar-refractivity contribution in [2.24, 2.45) is 5.18 Å². The number of nitroso groups, excluding NO2 is 1. The first-order chi connectivity index (χ1) is 15.0. The average molecular weight is 426 g/mol. The van der Waals surface area contributed by atoms with Gasteiger partial charge in [-0.25, -0.2) is 18.9 Å². The van der Waals surface area contributed by atoms with Gasteiger partial charge in [0.1, 0.15) is 24.7 Å². The largest absolute Gasteiger partial charge is 0.457 e. The molecule has 1 aliphatic rings. The van der Waals surface area contributed by atoms with Crippen LogP contribution in [0, 0.1) is 10.7 Å². The maximum Gasteiger partial charge on any atom is 0.416 e. The molecule has 0 saturated carbocycles. The number of carbonyl (C=O) groups excluding carboxylic acids is 3. The summed E-state index contributed by atoms with van der Waals surface area (Å²) in [6.07, 6.45) is 1.37. The molecular weight excluding hydrogens is 407 g/mol. The number of amides is 2. The Morgan fingerprint density at radius 3 is 2.61 bits per heavy atom. The van der Waals surface area contributed by atoms with Gasteiger partial charge in [-0.05, 0) is 53.1 Å². The topological polar surface area (TPSA) is 102 Å². The van der Waals surface area contributed by atoms with Crippen molar-refractivity contribution in [2.45, 2.75) is 12.8 Å². The normalized spacial score (nSPS) is 13.6. The molecule has 3 rings (SSSR count). The molecule has 0 atom stereocenters. The van der Waals surface area contributed by atoms with Gasteiger partial charge in [-0.15, -0.1) is 4.91 Å². The molecule has 1 heterocycles. The summed E-state index contributed by atoms with van der Waals surface area (Å²) in [5.74, 6) is -1.44. The van der Waals surface area contributed by atoms with E-state index in [0.717, 1.165) is 4.90 Å². The molecule has 9 heteroatoms. The molecule has 2 aromatic rings. The number of ether oxygens (including phenoxy) is 2. The maximum absolute atomic E-state index is 13.3. The third-order valence-corrected chi connectivity index (χ3v) is 4.57. The van der Waals surface area contributed by atoms with Crippen LogP contribution >= 0.6 is 0 Å². The summed E-state index contributed by atoms with van der Waals surface area (Å²) in [5, 5.41) is 2.79. The van der Waals surface area contributed by atoms with Crippen molar-refractivity contribution in [3.05, 3.63) is 76.5 Å². The lowest BCUT2D eigenvalue weighted by molar-refractivity contribution is -0.127. The second-order valence-electron chi connectivity index (χ2n) is 6.65. The minimum Gasteiger partial charge on any atom is -0.457 e. The van der Waals surface area contributed by atoms with Gasteiger partial charge in [-0.1, -0.05) is 24.3 Å². The van der Waals surface area contributed by atoms with E-state index in [1.165, 1.54) is 48.5 Å². The van der Waals surface area contributed by atoms with Gasteiger partial charge in [-0.3, -0.25) is 4.79 Å². The number of hydrogen-bond donors (Lipinski definition) is 0. The number of allylic oxidation sites excluding steroid dienone is 1. The molecule has 0 bridgehead atoms. The lowest BCUT2D eigenvalue weighted by atomic mass is 10.0. The third-order valence-electron chi connectivity index (χ3n) is 4.57. The smallest absolute Gasteiger partial charge is 0.416 e. The van der Waals surface area contributed by atoms with Crippen LogP contribution in [0.25, 0.3) is 5.57 Å². The predicted molar refractivity (Wildman–Crippen MR) is 109 cm³/mol. The molecule has 160 valence electrons. The Morgan fingerprint density at radius 2 is 1.94 bits per heavy atom. The Hall–Kier alpha value is -3.88. The third kappa shape index (κ3) is 5.81. The Labute approximate surface area is 177 Å². The van der Waals surface area contributed by atoms with Crippen LogP contribution in [0.4, 0.5) is 14.9 Å². The van der Waals surface area contributed by atoms with Crippen LogP contribution in [-0.4, -0.2) is 42.6 Å². The van der Waals surface area contributed by atoms with Gasteiger partial charge in [0.05, 0.1) is 12.1 Å². The molecule has 2 aromatic carbocycles. The molecule has 0 aromatic heterocycles. The highest BCUT2D eigenvalue weighted by Crippen LogP contribution is 2.20. The minimum atomic E-state index is -0.659. The number of benzene rings is 2. The Morgan fingerprint density at radius 1 is 1.16 bits per heavy atom. The summed E-state index contributed by atoms with van der Waals surface area (Å²) in [4.78, 5) is 47.6. The van der Waals surface area contributed by atoms with Crippen LogP contribution in [0.15, 0.2) is 59.8 Å². The standard InChI is InChI=1S/C22H19FN2O6/c23-18-9-7-15(8-10-18)17(4-2-6-20(26)25-11-12-30-22(25)28)14-31-21(27)16-3-1-5-19(13-16)24-29/h1,3-5,7-10,13H,2,6,11-12,14H2/b17-4+. The van der Waals surface area contributed by atoms with Gasteiger partial charge in [-0.2, -0.15) is 0 Å². The van der Waals surface area contributed by atoms with Gasteiger partial charge in [0.2, 0.25) is 5.91 Å². The molecular formula is C22H19FN2O6. The molecule has 0 spiro atoms. The molecule has 0 radical (unpaired) electrons. The predicted octanol–water partition coefficient (Wildman–Crippen LogP) is 4.22. The molecule has 8 nitrogen and oxygen atoms in total. The maximum atomic E-state index is 13.3. The summed E-state index contributed by atoms with van der Waals surface area (Å²) in [6, 6.07) is 11.4. The Balaban J connectivity index is 1.68. The minimum absolute atomic E-state index is 0.0563. The number of carbonyl (C=O) groups is 3. The van der Waals surface area contributed by atoms with Gasteiger partial charge >= 0.3 is 12.1 Å². The SMILES string of the molecule is O=Nc1cccc(C(=O)OC/C(=C\CCC(=O)N2CCOC2=O)c2ccc(F)cc2)c1. The Kier molecular flexibility index (Phi) is 7.21.